The fourth-order valence-corrected chi connectivity index (χ4v) is 3.51. The van der Waals surface area contributed by atoms with Crippen LogP contribution < -0.4 is 10.2 Å². The van der Waals surface area contributed by atoms with Gasteiger partial charge in [0.05, 0.1) is 5.69 Å². The van der Waals surface area contributed by atoms with Crippen LogP contribution in [0, 0.1) is 12.8 Å². The van der Waals surface area contributed by atoms with E-state index in [0.717, 1.165) is 48.7 Å². The average molecular weight is 372 g/mol. The number of para-hydroxylation sites is 1. The van der Waals surface area contributed by atoms with E-state index in [1.807, 2.05) is 42.5 Å². The molecule has 1 aliphatic rings. The van der Waals surface area contributed by atoms with Gasteiger partial charge in [0.15, 0.2) is 5.82 Å². The Morgan fingerprint density at radius 3 is 2.29 bits per heavy atom. The van der Waals surface area contributed by atoms with Gasteiger partial charge in [-0.1, -0.05) is 48.0 Å². The van der Waals surface area contributed by atoms with E-state index in [2.05, 4.69) is 51.6 Å². The van der Waals surface area contributed by atoms with Crippen LogP contribution in [0.3, 0.4) is 0 Å². The molecule has 0 bridgehead atoms. The van der Waals surface area contributed by atoms with Crippen molar-refractivity contribution in [2.45, 2.75) is 19.8 Å². The molecular weight excluding hydrogens is 348 g/mol. The Kier molecular flexibility index (Phi) is 5.33. The minimum absolute atomic E-state index is 0.0382. The summed E-state index contributed by atoms with van der Waals surface area (Å²) >= 11 is 0. The van der Waals surface area contributed by atoms with Crippen LogP contribution in [-0.2, 0) is 4.79 Å². The van der Waals surface area contributed by atoms with Crippen molar-refractivity contribution >= 4 is 17.4 Å². The third-order valence-electron chi connectivity index (χ3n) is 5.23. The van der Waals surface area contributed by atoms with E-state index >= 15 is 0 Å². The second-order valence-corrected chi connectivity index (χ2v) is 7.26. The Morgan fingerprint density at radius 2 is 1.64 bits per heavy atom. The van der Waals surface area contributed by atoms with Crippen LogP contribution in [0.5, 0.6) is 0 Å². The van der Waals surface area contributed by atoms with Gasteiger partial charge in [-0.2, -0.15) is 0 Å². The Bertz CT molecular complexity index is 915. The molecule has 5 heteroatoms. The van der Waals surface area contributed by atoms with Gasteiger partial charge in [-0.25, -0.2) is 0 Å². The zero-order valence-electron chi connectivity index (χ0n) is 16.0. The van der Waals surface area contributed by atoms with E-state index in [9.17, 15) is 4.79 Å². The predicted octanol–water partition coefficient (Wildman–Crippen LogP) is 4.31. The molecule has 1 amide bonds. The van der Waals surface area contributed by atoms with E-state index in [1.165, 1.54) is 5.56 Å². The van der Waals surface area contributed by atoms with E-state index in [0.29, 0.717) is 0 Å². The summed E-state index contributed by atoms with van der Waals surface area (Å²) in [6, 6.07) is 22.0. The Labute approximate surface area is 165 Å². The van der Waals surface area contributed by atoms with Crippen LogP contribution in [0.1, 0.15) is 18.4 Å². The summed E-state index contributed by atoms with van der Waals surface area (Å²) in [5, 5.41) is 11.8. The lowest BCUT2D eigenvalue weighted by molar-refractivity contribution is -0.120. The standard InChI is InChI=1S/C23H24N4O/c1-17-7-9-18(10-8-17)21-11-12-22(26-25-21)27-15-13-19(14-16-27)23(28)24-20-5-3-2-4-6-20/h2-12,19H,13-16H2,1H3,(H,24,28). The fourth-order valence-electron chi connectivity index (χ4n) is 3.51. The number of aryl methyl sites for hydroxylation is 1. The molecule has 0 aliphatic carbocycles. The number of carbonyl (C=O) groups is 1. The lowest BCUT2D eigenvalue weighted by atomic mass is 9.96. The number of rotatable bonds is 4. The SMILES string of the molecule is Cc1ccc(-c2ccc(N3CCC(C(=O)Nc4ccccc4)CC3)nn2)cc1. The molecule has 5 nitrogen and oxygen atoms in total. The highest BCUT2D eigenvalue weighted by Gasteiger charge is 2.25. The topological polar surface area (TPSA) is 58.1 Å². The van der Waals surface area contributed by atoms with Gasteiger partial charge in [0, 0.05) is 30.3 Å². The predicted molar refractivity (Wildman–Crippen MR) is 112 cm³/mol. The second-order valence-electron chi connectivity index (χ2n) is 7.26. The van der Waals surface area contributed by atoms with Crippen LogP contribution in [-0.4, -0.2) is 29.2 Å². The normalized spacial score (nSPS) is 14.7. The molecule has 3 aromatic rings. The fraction of sp³-hybridized carbons (Fsp3) is 0.261. The molecule has 2 heterocycles. The van der Waals surface area contributed by atoms with Crippen LogP contribution in [0.15, 0.2) is 66.7 Å². The Hall–Kier alpha value is -3.21. The van der Waals surface area contributed by atoms with Crippen molar-refractivity contribution in [2.24, 2.45) is 5.92 Å². The summed E-state index contributed by atoms with van der Waals surface area (Å²) in [5.41, 5.74) is 4.03. The summed E-state index contributed by atoms with van der Waals surface area (Å²) in [6.07, 6.45) is 1.64. The van der Waals surface area contributed by atoms with Crippen molar-refractivity contribution in [3.63, 3.8) is 0 Å². The lowest BCUT2D eigenvalue weighted by Crippen LogP contribution is -2.38. The molecule has 1 aliphatic heterocycles. The first kappa shape index (κ1) is 18.2. The second kappa shape index (κ2) is 8.21. The third-order valence-corrected chi connectivity index (χ3v) is 5.23. The summed E-state index contributed by atoms with van der Waals surface area (Å²) in [7, 11) is 0. The maximum Gasteiger partial charge on any atom is 0.227 e. The number of nitrogens with zero attached hydrogens (tertiary/aromatic N) is 3. The molecule has 1 fully saturated rings. The summed E-state index contributed by atoms with van der Waals surface area (Å²) in [6.45, 7) is 3.69. The minimum atomic E-state index is 0.0382. The smallest absolute Gasteiger partial charge is 0.227 e. The van der Waals surface area contributed by atoms with Crippen LogP contribution >= 0.6 is 0 Å². The first-order chi connectivity index (χ1) is 13.7. The number of aromatic nitrogens is 2. The number of hydrogen-bond acceptors (Lipinski definition) is 4. The van der Waals surface area contributed by atoms with Crippen molar-refractivity contribution in [1.82, 2.24) is 10.2 Å². The Morgan fingerprint density at radius 1 is 0.929 bits per heavy atom. The molecule has 28 heavy (non-hydrogen) atoms. The zero-order chi connectivity index (χ0) is 19.3. The van der Waals surface area contributed by atoms with Crippen molar-refractivity contribution in [1.29, 1.82) is 0 Å². The van der Waals surface area contributed by atoms with Crippen LogP contribution in [0.2, 0.25) is 0 Å². The number of carbonyl (C=O) groups excluding carboxylic acids is 1. The minimum Gasteiger partial charge on any atom is -0.355 e. The molecule has 1 aromatic heterocycles. The molecule has 142 valence electrons. The first-order valence-corrected chi connectivity index (χ1v) is 9.71. The molecule has 0 unspecified atom stereocenters. The number of nitrogens with one attached hydrogen (secondary N) is 1. The maximum absolute atomic E-state index is 12.5. The number of anilines is 2. The van der Waals surface area contributed by atoms with Gasteiger partial charge in [-0.05, 0) is 44.0 Å². The quantitative estimate of drug-likeness (QED) is 0.741. The van der Waals surface area contributed by atoms with Crippen LogP contribution in [0.25, 0.3) is 11.3 Å². The molecule has 1 saturated heterocycles. The zero-order valence-corrected chi connectivity index (χ0v) is 16.0. The van der Waals surface area contributed by atoms with Crippen molar-refractivity contribution in [3.8, 4) is 11.3 Å². The largest absolute Gasteiger partial charge is 0.355 e. The van der Waals surface area contributed by atoms with Gasteiger partial charge in [-0.15, -0.1) is 10.2 Å². The molecular formula is C23H24N4O. The first-order valence-electron chi connectivity index (χ1n) is 9.71. The van der Waals surface area contributed by atoms with Crippen LogP contribution in [0.4, 0.5) is 11.5 Å². The van der Waals surface area contributed by atoms with Gasteiger partial charge in [-0.3, -0.25) is 4.79 Å². The van der Waals surface area contributed by atoms with E-state index in [4.69, 9.17) is 0 Å². The molecule has 1 N–H and O–H groups in total. The average Bonchev–Trinajstić information content (AvgIpc) is 2.75. The lowest BCUT2D eigenvalue weighted by Gasteiger charge is -2.31. The van der Waals surface area contributed by atoms with E-state index < -0.39 is 0 Å². The monoisotopic (exact) mass is 372 g/mol. The number of benzene rings is 2. The molecule has 0 saturated carbocycles. The number of piperidine rings is 1. The molecule has 0 radical (unpaired) electrons. The highest BCUT2D eigenvalue weighted by atomic mass is 16.1. The molecule has 0 spiro atoms. The highest BCUT2D eigenvalue weighted by Crippen LogP contribution is 2.24. The highest BCUT2D eigenvalue weighted by molar-refractivity contribution is 5.92. The van der Waals surface area contributed by atoms with Gasteiger partial charge < -0.3 is 10.2 Å². The summed E-state index contributed by atoms with van der Waals surface area (Å²) < 4.78 is 0. The summed E-state index contributed by atoms with van der Waals surface area (Å²) in [5.74, 6) is 1.01. The van der Waals surface area contributed by atoms with E-state index in [-0.39, 0.29) is 11.8 Å². The summed E-state index contributed by atoms with van der Waals surface area (Å²) in [4.78, 5) is 14.7. The van der Waals surface area contributed by atoms with Gasteiger partial charge in [0.1, 0.15) is 0 Å². The maximum atomic E-state index is 12.5. The third kappa shape index (κ3) is 4.19. The van der Waals surface area contributed by atoms with Gasteiger partial charge in [0.25, 0.3) is 0 Å². The number of amides is 1. The van der Waals surface area contributed by atoms with E-state index in [1.54, 1.807) is 0 Å². The Balaban J connectivity index is 1.34. The number of hydrogen-bond donors (Lipinski definition) is 1. The molecule has 4 rings (SSSR count). The van der Waals surface area contributed by atoms with Crippen molar-refractivity contribution in [3.05, 3.63) is 72.3 Å². The van der Waals surface area contributed by atoms with Crippen molar-refractivity contribution in [2.75, 3.05) is 23.3 Å². The van der Waals surface area contributed by atoms with Gasteiger partial charge in [0.2, 0.25) is 5.91 Å². The van der Waals surface area contributed by atoms with Gasteiger partial charge >= 0.3 is 0 Å². The molecule has 0 atom stereocenters. The molecule has 2 aromatic carbocycles. The van der Waals surface area contributed by atoms with Crippen molar-refractivity contribution < 1.29 is 4.79 Å².